The number of ether oxygens (including phenoxy) is 1. The molecular weight excluding hydrogens is 272 g/mol. The molecule has 1 aliphatic rings. The van der Waals surface area contributed by atoms with Crippen LogP contribution in [0.3, 0.4) is 0 Å². The molecule has 2 rings (SSSR count). The molecule has 7 nitrogen and oxygen atoms in total. The number of nitrogen functional groups attached to an aromatic ring is 1. The van der Waals surface area contributed by atoms with Gasteiger partial charge in [0.05, 0.1) is 4.92 Å². The number of pyridine rings is 1. The molecule has 1 aromatic heterocycles. The molecule has 21 heavy (non-hydrogen) atoms. The van der Waals surface area contributed by atoms with Crippen LogP contribution in [0.2, 0.25) is 0 Å². The minimum atomic E-state index is -0.486. The Labute approximate surface area is 124 Å². The van der Waals surface area contributed by atoms with Crippen LogP contribution in [0.5, 0.6) is 5.88 Å². The molecule has 116 valence electrons. The Morgan fingerprint density at radius 1 is 1.48 bits per heavy atom. The second kappa shape index (κ2) is 5.85. The quantitative estimate of drug-likeness (QED) is 0.503. The van der Waals surface area contributed by atoms with Gasteiger partial charge in [-0.05, 0) is 36.7 Å². The molecule has 0 spiro atoms. The first-order chi connectivity index (χ1) is 9.80. The normalized spacial score (nSPS) is 24.4. The summed E-state index contributed by atoms with van der Waals surface area (Å²) in [5.41, 5.74) is 2.42. The number of hydrogen-bond acceptors (Lipinski definition) is 6. The zero-order valence-electron chi connectivity index (χ0n) is 12.6. The van der Waals surface area contributed by atoms with Crippen molar-refractivity contribution in [3.05, 3.63) is 22.2 Å². The number of nitro groups is 1. The smallest absolute Gasteiger partial charge is 0.331 e. The molecule has 0 aromatic carbocycles. The highest BCUT2D eigenvalue weighted by Gasteiger charge is 2.34. The average molecular weight is 294 g/mol. The molecule has 1 aromatic rings. The maximum absolute atomic E-state index is 11.1. The fraction of sp³-hybridized carbons (Fsp3) is 0.643. The third kappa shape index (κ3) is 3.81. The van der Waals surface area contributed by atoms with Crippen LogP contribution < -0.4 is 16.0 Å². The fourth-order valence-corrected chi connectivity index (χ4v) is 3.25. The number of nitrogens with one attached hydrogen (secondary N) is 1. The summed E-state index contributed by atoms with van der Waals surface area (Å²) >= 11 is 0. The first-order valence-corrected chi connectivity index (χ1v) is 7.09. The Morgan fingerprint density at radius 2 is 2.19 bits per heavy atom. The Hall–Kier alpha value is -1.89. The maximum atomic E-state index is 11.1. The summed E-state index contributed by atoms with van der Waals surface area (Å²) in [6.07, 6.45) is 2.80. The molecule has 2 unspecified atom stereocenters. The van der Waals surface area contributed by atoms with Crippen LogP contribution in [0, 0.1) is 21.4 Å². The summed E-state index contributed by atoms with van der Waals surface area (Å²) in [7, 11) is 0. The van der Waals surface area contributed by atoms with Gasteiger partial charge in [0.25, 0.3) is 5.88 Å². The van der Waals surface area contributed by atoms with Gasteiger partial charge < -0.3 is 10.2 Å². The number of nitrogens with two attached hydrogens (primary N) is 1. The van der Waals surface area contributed by atoms with Crippen LogP contribution in [-0.4, -0.2) is 16.0 Å². The molecule has 3 N–H and O–H groups in total. The first kappa shape index (κ1) is 15.5. The zero-order chi connectivity index (χ0) is 15.6. The van der Waals surface area contributed by atoms with Crippen molar-refractivity contribution in [2.45, 2.75) is 46.1 Å². The number of anilines is 1. The van der Waals surface area contributed by atoms with E-state index in [0.717, 1.165) is 19.3 Å². The van der Waals surface area contributed by atoms with E-state index < -0.39 is 4.92 Å². The molecule has 0 radical (unpaired) electrons. The number of aromatic nitrogens is 1. The largest absolute Gasteiger partial charge is 0.469 e. The van der Waals surface area contributed by atoms with Crippen LogP contribution in [0.25, 0.3) is 0 Å². The van der Waals surface area contributed by atoms with Crippen molar-refractivity contribution < 1.29 is 9.66 Å². The van der Waals surface area contributed by atoms with Crippen molar-refractivity contribution in [2.24, 2.45) is 17.2 Å². The molecule has 1 aliphatic carbocycles. The second-order valence-corrected chi connectivity index (χ2v) is 6.58. The monoisotopic (exact) mass is 294 g/mol. The lowest BCUT2D eigenvalue weighted by Crippen LogP contribution is -2.34. The van der Waals surface area contributed by atoms with E-state index in [1.165, 1.54) is 12.1 Å². The van der Waals surface area contributed by atoms with Gasteiger partial charge in [-0.15, -0.1) is 0 Å². The second-order valence-electron chi connectivity index (χ2n) is 6.58. The minimum absolute atomic E-state index is 0.0327. The summed E-state index contributed by atoms with van der Waals surface area (Å²) in [5.74, 6) is 6.21. The number of hydrazine groups is 1. The Bertz CT molecular complexity index is 533. The molecule has 1 heterocycles. The molecule has 1 fully saturated rings. The van der Waals surface area contributed by atoms with Gasteiger partial charge in [-0.3, -0.25) is 10.1 Å². The van der Waals surface area contributed by atoms with Crippen LogP contribution in [-0.2, 0) is 0 Å². The highest BCUT2D eigenvalue weighted by Crippen LogP contribution is 2.40. The van der Waals surface area contributed by atoms with Gasteiger partial charge in [0.15, 0.2) is 0 Å². The number of nitrogens with zero attached hydrogens (tertiary/aromatic N) is 2. The van der Waals surface area contributed by atoms with Crippen molar-refractivity contribution in [1.29, 1.82) is 0 Å². The highest BCUT2D eigenvalue weighted by atomic mass is 16.6. The van der Waals surface area contributed by atoms with Gasteiger partial charge in [0, 0.05) is 6.07 Å². The Morgan fingerprint density at radius 3 is 2.76 bits per heavy atom. The van der Waals surface area contributed by atoms with Gasteiger partial charge >= 0.3 is 5.69 Å². The molecular formula is C14H22N4O3. The van der Waals surface area contributed by atoms with E-state index in [1.807, 2.05) is 0 Å². The predicted molar refractivity (Wildman–Crippen MR) is 79.9 cm³/mol. The van der Waals surface area contributed by atoms with Gasteiger partial charge in [0.1, 0.15) is 11.9 Å². The van der Waals surface area contributed by atoms with Crippen LogP contribution >= 0.6 is 0 Å². The molecule has 2 atom stereocenters. The summed E-state index contributed by atoms with van der Waals surface area (Å²) < 4.78 is 5.85. The van der Waals surface area contributed by atoms with E-state index in [2.05, 4.69) is 31.2 Å². The summed E-state index contributed by atoms with van der Waals surface area (Å²) in [6, 6.07) is 2.81. The Balaban J connectivity index is 2.23. The van der Waals surface area contributed by atoms with E-state index in [4.69, 9.17) is 10.6 Å². The van der Waals surface area contributed by atoms with Crippen molar-refractivity contribution in [3.63, 3.8) is 0 Å². The number of rotatable bonds is 4. The summed E-state index contributed by atoms with van der Waals surface area (Å²) in [4.78, 5) is 14.7. The molecule has 0 amide bonds. The van der Waals surface area contributed by atoms with Gasteiger partial charge in [-0.2, -0.15) is 4.98 Å². The fourth-order valence-electron chi connectivity index (χ4n) is 3.25. The predicted octanol–water partition coefficient (Wildman–Crippen LogP) is 2.87. The van der Waals surface area contributed by atoms with Crippen LogP contribution in [0.1, 0.15) is 40.0 Å². The van der Waals surface area contributed by atoms with E-state index in [1.54, 1.807) is 0 Å². The molecule has 7 heteroatoms. The van der Waals surface area contributed by atoms with Gasteiger partial charge in [-0.25, -0.2) is 5.84 Å². The summed E-state index contributed by atoms with van der Waals surface area (Å²) in [6.45, 7) is 6.56. The SMILES string of the molecule is CC1CC(Oc2nc(NN)ccc2[N+](=O)[O-])CC(C)(C)C1. The van der Waals surface area contributed by atoms with E-state index >= 15 is 0 Å². The topological polar surface area (TPSA) is 103 Å². The third-order valence-electron chi connectivity index (χ3n) is 3.81. The standard InChI is InChI=1S/C14H22N4O3/c1-9-6-10(8-14(2,3)7-9)21-13-11(18(19)20)4-5-12(16-13)17-15/h4-5,9-10H,6-8,15H2,1-3H3,(H,16,17). The molecule has 0 aliphatic heterocycles. The van der Waals surface area contributed by atoms with Crippen molar-refractivity contribution in [2.75, 3.05) is 5.43 Å². The molecule has 0 bridgehead atoms. The van der Waals surface area contributed by atoms with Gasteiger partial charge in [0.2, 0.25) is 0 Å². The summed E-state index contributed by atoms with van der Waals surface area (Å²) in [5, 5.41) is 11.1. The maximum Gasteiger partial charge on any atom is 0.331 e. The third-order valence-corrected chi connectivity index (χ3v) is 3.81. The lowest BCUT2D eigenvalue weighted by Gasteiger charge is -2.38. The van der Waals surface area contributed by atoms with Crippen LogP contribution in [0.4, 0.5) is 11.5 Å². The van der Waals surface area contributed by atoms with Crippen molar-refractivity contribution >= 4 is 11.5 Å². The Kier molecular flexibility index (Phi) is 4.32. The van der Waals surface area contributed by atoms with Gasteiger partial charge in [-0.1, -0.05) is 20.8 Å². The van der Waals surface area contributed by atoms with Crippen molar-refractivity contribution in [1.82, 2.24) is 4.98 Å². The van der Waals surface area contributed by atoms with E-state index in [9.17, 15) is 10.1 Å². The highest BCUT2D eigenvalue weighted by molar-refractivity contribution is 5.48. The minimum Gasteiger partial charge on any atom is -0.469 e. The first-order valence-electron chi connectivity index (χ1n) is 7.09. The molecule has 0 saturated heterocycles. The lowest BCUT2D eigenvalue weighted by atomic mass is 9.71. The average Bonchev–Trinajstić information content (AvgIpc) is 2.35. The zero-order valence-corrected chi connectivity index (χ0v) is 12.6. The number of hydrogen-bond donors (Lipinski definition) is 2. The lowest BCUT2D eigenvalue weighted by molar-refractivity contribution is -0.386. The van der Waals surface area contributed by atoms with Crippen LogP contribution in [0.15, 0.2) is 12.1 Å². The molecule has 1 saturated carbocycles. The van der Waals surface area contributed by atoms with E-state index in [-0.39, 0.29) is 23.1 Å². The van der Waals surface area contributed by atoms with Crippen molar-refractivity contribution in [3.8, 4) is 5.88 Å². The van der Waals surface area contributed by atoms with E-state index in [0.29, 0.717) is 11.7 Å².